The van der Waals surface area contributed by atoms with E-state index in [4.69, 9.17) is 4.74 Å². The Hall–Kier alpha value is -3.53. The maximum atomic E-state index is 5.92. The molecule has 1 heterocycles. The molecule has 0 fully saturated rings. The summed E-state index contributed by atoms with van der Waals surface area (Å²) < 4.78 is 8.00. The molecule has 4 aromatic rings. The van der Waals surface area contributed by atoms with Crippen LogP contribution in [0.5, 0.6) is 11.5 Å². The van der Waals surface area contributed by atoms with E-state index in [-0.39, 0.29) is 0 Å². The van der Waals surface area contributed by atoms with Crippen LogP contribution in [0.1, 0.15) is 11.1 Å². The molecule has 0 aliphatic rings. The Morgan fingerprint density at radius 2 is 1.64 bits per heavy atom. The highest BCUT2D eigenvalue weighted by molar-refractivity contribution is 5.61. The van der Waals surface area contributed by atoms with Crippen molar-refractivity contribution in [3.05, 3.63) is 96.2 Å². The van der Waals surface area contributed by atoms with Gasteiger partial charge in [0.25, 0.3) is 0 Å². The molecule has 0 spiro atoms. The second-order valence-corrected chi connectivity index (χ2v) is 6.81. The second-order valence-electron chi connectivity index (χ2n) is 6.81. The third kappa shape index (κ3) is 4.07. The fourth-order valence-corrected chi connectivity index (χ4v) is 3.09. The van der Waals surface area contributed by atoms with Crippen LogP contribution in [0, 0.1) is 6.92 Å². The zero-order valence-corrected chi connectivity index (χ0v) is 16.1. The number of nitrogens with one attached hydrogen (secondary N) is 1. The smallest absolute Gasteiger partial charge is 0.203 e. The predicted molar refractivity (Wildman–Crippen MR) is 114 cm³/mol. The first-order chi connectivity index (χ1) is 13.7. The van der Waals surface area contributed by atoms with E-state index in [9.17, 15) is 0 Å². The van der Waals surface area contributed by atoms with E-state index < -0.39 is 0 Å². The van der Waals surface area contributed by atoms with Gasteiger partial charge in [0.05, 0.1) is 11.9 Å². The average molecular weight is 369 g/mol. The normalized spacial score (nSPS) is 10.6. The van der Waals surface area contributed by atoms with Crippen molar-refractivity contribution in [2.24, 2.45) is 7.05 Å². The van der Waals surface area contributed by atoms with Crippen LogP contribution in [0.4, 0.5) is 5.95 Å². The number of anilines is 1. The summed E-state index contributed by atoms with van der Waals surface area (Å²) in [6.45, 7) is 2.76. The zero-order chi connectivity index (χ0) is 19.3. The van der Waals surface area contributed by atoms with E-state index in [1.54, 1.807) is 0 Å². The van der Waals surface area contributed by atoms with Gasteiger partial charge in [-0.15, -0.1) is 0 Å². The maximum absolute atomic E-state index is 5.92. The molecule has 4 rings (SSSR count). The minimum absolute atomic E-state index is 0.671. The molecule has 1 aromatic heterocycles. The highest BCUT2D eigenvalue weighted by Gasteiger charge is 2.08. The summed E-state index contributed by atoms with van der Waals surface area (Å²) in [7, 11) is 2.03. The molecule has 28 heavy (non-hydrogen) atoms. The zero-order valence-electron chi connectivity index (χ0n) is 16.1. The van der Waals surface area contributed by atoms with Gasteiger partial charge >= 0.3 is 0 Å². The molecule has 4 heteroatoms. The quantitative estimate of drug-likeness (QED) is 0.467. The van der Waals surface area contributed by atoms with Gasteiger partial charge in [-0.3, -0.25) is 0 Å². The van der Waals surface area contributed by atoms with Gasteiger partial charge in [-0.2, -0.15) is 0 Å². The lowest BCUT2D eigenvalue weighted by Gasteiger charge is -2.10. The molecular weight excluding hydrogens is 346 g/mol. The topological polar surface area (TPSA) is 39.1 Å². The number of hydrogen-bond donors (Lipinski definition) is 1. The Labute approximate surface area is 165 Å². The lowest BCUT2D eigenvalue weighted by molar-refractivity contribution is 0.482. The van der Waals surface area contributed by atoms with Crippen molar-refractivity contribution in [3.63, 3.8) is 0 Å². The monoisotopic (exact) mass is 369 g/mol. The van der Waals surface area contributed by atoms with E-state index in [1.165, 1.54) is 5.56 Å². The largest absolute Gasteiger partial charge is 0.457 e. The van der Waals surface area contributed by atoms with E-state index in [0.29, 0.717) is 6.54 Å². The number of para-hydroxylation sites is 1. The van der Waals surface area contributed by atoms with E-state index in [2.05, 4.69) is 52.1 Å². The molecule has 4 nitrogen and oxygen atoms in total. The molecule has 0 bridgehead atoms. The van der Waals surface area contributed by atoms with Crippen molar-refractivity contribution in [1.82, 2.24) is 9.55 Å². The van der Waals surface area contributed by atoms with Crippen LogP contribution in [0.3, 0.4) is 0 Å². The summed E-state index contributed by atoms with van der Waals surface area (Å²) in [4.78, 5) is 4.54. The number of hydrogen-bond acceptors (Lipinski definition) is 3. The van der Waals surface area contributed by atoms with Crippen molar-refractivity contribution in [2.75, 3.05) is 5.32 Å². The fourth-order valence-electron chi connectivity index (χ4n) is 3.09. The van der Waals surface area contributed by atoms with Gasteiger partial charge < -0.3 is 14.6 Å². The lowest BCUT2D eigenvalue weighted by Crippen LogP contribution is -2.05. The fraction of sp³-hybridized carbons (Fsp3) is 0.125. The Kier molecular flexibility index (Phi) is 5.11. The number of benzene rings is 3. The molecule has 0 aliphatic carbocycles. The van der Waals surface area contributed by atoms with E-state index in [1.807, 2.05) is 61.8 Å². The number of aromatic nitrogens is 2. The minimum Gasteiger partial charge on any atom is -0.457 e. The summed E-state index contributed by atoms with van der Waals surface area (Å²) in [5.41, 5.74) is 4.63. The van der Waals surface area contributed by atoms with Crippen LogP contribution in [-0.4, -0.2) is 9.55 Å². The number of aryl methyl sites for hydroxylation is 1. The average Bonchev–Trinajstić information content (AvgIpc) is 3.08. The molecule has 0 aliphatic heterocycles. The lowest BCUT2D eigenvalue weighted by atomic mass is 10.1. The van der Waals surface area contributed by atoms with Crippen LogP contribution < -0.4 is 10.1 Å². The summed E-state index contributed by atoms with van der Waals surface area (Å²) in [5, 5.41) is 3.42. The van der Waals surface area contributed by atoms with Crippen molar-refractivity contribution < 1.29 is 4.74 Å². The maximum Gasteiger partial charge on any atom is 0.203 e. The molecule has 0 amide bonds. The van der Waals surface area contributed by atoms with Crippen LogP contribution in [-0.2, 0) is 13.6 Å². The number of ether oxygens (including phenoxy) is 1. The molecule has 0 saturated heterocycles. The molecule has 3 aromatic carbocycles. The van der Waals surface area contributed by atoms with E-state index in [0.717, 1.165) is 34.3 Å². The van der Waals surface area contributed by atoms with Gasteiger partial charge in [0, 0.05) is 13.6 Å². The van der Waals surface area contributed by atoms with Crippen LogP contribution in [0.15, 0.2) is 85.1 Å². The second kappa shape index (κ2) is 8.01. The van der Waals surface area contributed by atoms with Gasteiger partial charge in [0.2, 0.25) is 5.95 Å². The van der Waals surface area contributed by atoms with Crippen molar-refractivity contribution in [3.8, 4) is 22.8 Å². The number of rotatable bonds is 6. The van der Waals surface area contributed by atoms with Crippen molar-refractivity contribution in [2.45, 2.75) is 13.5 Å². The van der Waals surface area contributed by atoms with Crippen molar-refractivity contribution in [1.29, 1.82) is 0 Å². The summed E-state index contributed by atoms with van der Waals surface area (Å²) in [6.07, 6.45) is 1.90. The first kappa shape index (κ1) is 17.9. The van der Waals surface area contributed by atoms with Gasteiger partial charge in [0.1, 0.15) is 11.5 Å². The van der Waals surface area contributed by atoms with Gasteiger partial charge in [-0.25, -0.2) is 4.98 Å². The molecule has 1 N–H and O–H groups in total. The van der Waals surface area contributed by atoms with Crippen LogP contribution in [0.25, 0.3) is 11.3 Å². The van der Waals surface area contributed by atoms with Gasteiger partial charge in [-0.05, 0) is 42.3 Å². The number of imidazole rings is 1. The summed E-state index contributed by atoms with van der Waals surface area (Å²) >= 11 is 0. The SMILES string of the molecule is Cc1ccc(-c2cnc(NCc3cccc(Oc4ccccc4)c3)n2C)cc1. The Morgan fingerprint density at radius 3 is 2.43 bits per heavy atom. The predicted octanol–water partition coefficient (Wildman–Crippen LogP) is 5.80. The van der Waals surface area contributed by atoms with E-state index >= 15 is 0 Å². The Balaban J connectivity index is 1.45. The third-order valence-electron chi connectivity index (χ3n) is 4.66. The molecule has 0 saturated carbocycles. The highest BCUT2D eigenvalue weighted by atomic mass is 16.5. The highest BCUT2D eigenvalue weighted by Crippen LogP contribution is 2.24. The van der Waals surface area contributed by atoms with Crippen LogP contribution in [0.2, 0.25) is 0 Å². The Bertz CT molecular complexity index is 1050. The van der Waals surface area contributed by atoms with Gasteiger partial charge in [-0.1, -0.05) is 60.2 Å². The van der Waals surface area contributed by atoms with Crippen LogP contribution >= 0.6 is 0 Å². The molecule has 0 radical (unpaired) electrons. The van der Waals surface area contributed by atoms with Crippen molar-refractivity contribution >= 4 is 5.95 Å². The van der Waals surface area contributed by atoms with Gasteiger partial charge in [0.15, 0.2) is 0 Å². The standard InChI is InChI=1S/C24H23N3O/c1-18-11-13-20(14-12-18)23-17-26-24(27(23)2)25-16-19-7-6-10-22(15-19)28-21-8-4-3-5-9-21/h3-15,17H,16H2,1-2H3,(H,25,26). The Morgan fingerprint density at radius 1 is 0.893 bits per heavy atom. The molecular formula is C24H23N3O. The number of nitrogens with zero attached hydrogens (tertiary/aromatic N) is 2. The molecule has 0 unspecified atom stereocenters. The molecule has 140 valence electrons. The minimum atomic E-state index is 0.671. The first-order valence-corrected chi connectivity index (χ1v) is 9.33. The molecule has 0 atom stereocenters. The summed E-state index contributed by atoms with van der Waals surface area (Å²) in [6, 6.07) is 26.4. The summed E-state index contributed by atoms with van der Waals surface area (Å²) in [5.74, 6) is 2.50. The third-order valence-corrected chi connectivity index (χ3v) is 4.66. The first-order valence-electron chi connectivity index (χ1n) is 9.33.